The maximum atomic E-state index is 4.94. The van der Waals surface area contributed by atoms with Crippen LogP contribution in [-0.4, -0.2) is 28.5 Å². The lowest BCUT2D eigenvalue weighted by molar-refractivity contribution is 0.317. The first-order chi connectivity index (χ1) is 10.3. The summed E-state index contributed by atoms with van der Waals surface area (Å²) in [7, 11) is 2.19. The van der Waals surface area contributed by atoms with Crippen LogP contribution in [-0.2, 0) is 0 Å². The number of fused-ring (bicyclic) bond motifs is 1. The number of thiazole rings is 1. The summed E-state index contributed by atoms with van der Waals surface area (Å²) in [6, 6.07) is 12.9. The molecule has 1 aliphatic rings. The van der Waals surface area contributed by atoms with E-state index in [0.717, 1.165) is 16.8 Å². The number of benzene rings is 1. The van der Waals surface area contributed by atoms with E-state index < -0.39 is 0 Å². The van der Waals surface area contributed by atoms with Crippen molar-refractivity contribution in [1.82, 2.24) is 14.9 Å². The number of hydrogen-bond acceptors (Lipinski definition) is 4. The Kier molecular flexibility index (Phi) is 3.20. The van der Waals surface area contributed by atoms with Crippen molar-refractivity contribution < 1.29 is 0 Å². The molecule has 1 aromatic carbocycles. The fourth-order valence-electron chi connectivity index (χ4n) is 3.04. The van der Waals surface area contributed by atoms with E-state index in [4.69, 9.17) is 4.98 Å². The molecule has 0 N–H and O–H groups in total. The van der Waals surface area contributed by atoms with Gasteiger partial charge in [-0.2, -0.15) is 0 Å². The van der Waals surface area contributed by atoms with Gasteiger partial charge < -0.3 is 0 Å². The molecule has 1 atom stereocenters. The fraction of sp³-hybridized carbons (Fsp3) is 0.294. The minimum Gasteiger partial charge on any atom is -0.297 e. The van der Waals surface area contributed by atoms with Gasteiger partial charge in [0.25, 0.3) is 0 Å². The molecule has 1 aliphatic heterocycles. The summed E-state index contributed by atoms with van der Waals surface area (Å²) >= 11 is 1.81. The van der Waals surface area contributed by atoms with Crippen molar-refractivity contribution in [3.05, 3.63) is 47.6 Å². The maximum absolute atomic E-state index is 4.94. The lowest BCUT2D eigenvalue weighted by Gasteiger charge is -2.16. The van der Waals surface area contributed by atoms with Gasteiger partial charge in [0, 0.05) is 11.8 Å². The molecular weight excluding hydrogens is 278 g/mol. The summed E-state index contributed by atoms with van der Waals surface area (Å²) in [5, 5.41) is 1.23. The molecule has 3 aromatic rings. The quantitative estimate of drug-likeness (QED) is 0.712. The Hall–Kier alpha value is -1.78. The summed E-state index contributed by atoms with van der Waals surface area (Å²) in [6.07, 6.45) is 4.37. The first-order valence-electron chi connectivity index (χ1n) is 7.34. The Morgan fingerprint density at radius 1 is 1.19 bits per heavy atom. The van der Waals surface area contributed by atoms with Crippen LogP contribution in [0.1, 0.15) is 23.9 Å². The number of aromatic nitrogens is 2. The number of rotatable bonds is 2. The van der Waals surface area contributed by atoms with Crippen LogP contribution >= 0.6 is 11.3 Å². The van der Waals surface area contributed by atoms with E-state index in [-0.39, 0.29) is 0 Å². The minimum absolute atomic E-state index is 0.478. The molecule has 1 unspecified atom stereocenters. The Bertz CT molecular complexity index is 766. The van der Waals surface area contributed by atoms with Gasteiger partial charge >= 0.3 is 0 Å². The van der Waals surface area contributed by atoms with Crippen molar-refractivity contribution in [3.8, 4) is 11.3 Å². The van der Waals surface area contributed by atoms with E-state index in [0.29, 0.717) is 6.04 Å². The molecule has 0 spiro atoms. The predicted octanol–water partition coefficient (Wildman–Crippen LogP) is 4.13. The van der Waals surface area contributed by atoms with E-state index >= 15 is 0 Å². The topological polar surface area (TPSA) is 29.0 Å². The van der Waals surface area contributed by atoms with Crippen molar-refractivity contribution in [2.75, 3.05) is 13.6 Å². The molecule has 2 aromatic heterocycles. The van der Waals surface area contributed by atoms with Crippen LogP contribution in [0.15, 0.2) is 42.6 Å². The van der Waals surface area contributed by atoms with Gasteiger partial charge in [0.15, 0.2) is 0 Å². The zero-order valence-corrected chi connectivity index (χ0v) is 12.8. The average Bonchev–Trinajstić information content (AvgIpc) is 3.13. The van der Waals surface area contributed by atoms with Gasteiger partial charge in [0.2, 0.25) is 0 Å². The lowest BCUT2D eigenvalue weighted by Crippen LogP contribution is -2.17. The molecule has 1 saturated heterocycles. The number of likely N-dealkylation sites (tertiary alicyclic amines) is 1. The van der Waals surface area contributed by atoms with Crippen molar-refractivity contribution in [3.63, 3.8) is 0 Å². The highest BCUT2D eigenvalue weighted by atomic mass is 32.1. The van der Waals surface area contributed by atoms with Crippen molar-refractivity contribution in [2.24, 2.45) is 0 Å². The van der Waals surface area contributed by atoms with Crippen LogP contribution in [0.5, 0.6) is 0 Å². The predicted molar refractivity (Wildman–Crippen MR) is 87.5 cm³/mol. The van der Waals surface area contributed by atoms with Crippen LogP contribution in [0.3, 0.4) is 0 Å². The highest BCUT2D eigenvalue weighted by molar-refractivity contribution is 7.18. The standard InChI is InChI=1S/C17H17N3S/c1-20-11-5-8-13(20)17-19-16-14(21-17)9-10-18-15(16)12-6-3-2-4-7-12/h2-4,6-7,9-10,13H,5,8,11H2,1H3. The molecule has 3 nitrogen and oxygen atoms in total. The third-order valence-corrected chi connectivity index (χ3v) is 5.30. The molecule has 3 heterocycles. The van der Waals surface area contributed by atoms with Crippen LogP contribution in [0.2, 0.25) is 0 Å². The number of pyridine rings is 1. The average molecular weight is 295 g/mol. The third-order valence-electron chi connectivity index (χ3n) is 4.18. The number of nitrogens with zero attached hydrogens (tertiary/aromatic N) is 3. The highest BCUT2D eigenvalue weighted by Crippen LogP contribution is 2.37. The zero-order valence-electron chi connectivity index (χ0n) is 12.0. The van der Waals surface area contributed by atoms with E-state index in [1.165, 1.54) is 29.1 Å². The Labute approximate surface area is 128 Å². The molecule has 0 aliphatic carbocycles. The van der Waals surface area contributed by atoms with Crippen LogP contribution in [0.4, 0.5) is 0 Å². The van der Waals surface area contributed by atoms with E-state index in [1.54, 1.807) is 0 Å². The SMILES string of the molecule is CN1CCCC1c1nc2c(-c3ccccc3)nccc2s1. The summed E-state index contributed by atoms with van der Waals surface area (Å²) in [4.78, 5) is 11.9. The van der Waals surface area contributed by atoms with Crippen molar-refractivity contribution >= 4 is 21.6 Å². The van der Waals surface area contributed by atoms with E-state index in [1.807, 2.05) is 35.7 Å². The smallest absolute Gasteiger partial charge is 0.111 e. The van der Waals surface area contributed by atoms with E-state index in [2.05, 4.69) is 35.1 Å². The third kappa shape index (κ3) is 2.24. The van der Waals surface area contributed by atoms with Gasteiger partial charge in [-0.15, -0.1) is 11.3 Å². The summed E-state index contributed by atoms with van der Waals surface area (Å²) in [5.74, 6) is 0. The van der Waals surface area contributed by atoms with Gasteiger partial charge in [0.1, 0.15) is 10.5 Å². The first-order valence-corrected chi connectivity index (χ1v) is 8.16. The van der Waals surface area contributed by atoms with Gasteiger partial charge in [-0.1, -0.05) is 30.3 Å². The fourth-order valence-corrected chi connectivity index (χ4v) is 4.21. The van der Waals surface area contributed by atoms with Crippen molar-refractivity contribution in [2.45, 2.75) is 18.9 Å². The minimum atomic E-state index is 0.478. The molecule has 0 saturated carbocycles. The molecule has 106 valence electrons. The molecule has 4 heteroatoms. The Morgan fingerprint density at radius 3 is 2.81 bits per heavy atom. The van der Waals surface area contributed by atoms with Crippen molar-refractivity contribution in [1.29, 1.82) is 0 Å². The van der Waals surface area contributed by atoms with Gasteiger partial charge in [-0.05, 0) is 32.5 Å². The van der Waals surface area contributed by atoms with E-state index in [9.17, 15) is 0 Å². The summed E-state index contributed by atoms with van der Waals surface area (Å²) in [5.41, 5.74) is 3.18. The normalized spacial score (nSPS) is 19.4. The van der Waals surface area contributed by atoms with Crippen LogP contribution < -0.4 is 0 Å². The van der Waals surface area contributed by atoms with Gasteiger partial charge in [-0.3, -0.25) is 9.88 Å². The zero-order chi connectivity index (χ0) is 14.2. The monoisotopic (exact) mass is 295 g/mol. The molecule has 4 rings (SSSR count). The second-order valence-electron chi connectivity index (χ2n) is 5.56. The second kappa shape index (κ2) is 5.20. The molecule has 0 amide bonds. The largest absolute Gasteiger partial charge is 0.297 e. The molecule has 0 radical (unpaired) electrons. The lowest BCUT2D eigenvalue weighted by atomic mass is 10.1. The highest BCUT2D eigenvalue weighted by Gasteiger charge is 2.26. The summed E-state index contributed by atoms with van der Waals surface area (Å²) in [6.45, 7) is 1.17. The second-order valence-corrected chi connectivity index (χ2v) is 6.63. The van der Waals surface area contributed by atoms with Gasteiger partial charge in [-0.25, -0.2) is 4.98 Å². The molecule has 21 heavy (non-hydrogen) atoms. The molecule has 1 fully saturated rings. The molecule has 0 bridgehead atoms. The van der Waals surface area contributed by atoms with Crippen LogP contribution in [0.25, 0.3) is 21.5 Å². The number of hydrogen-bond donors (Lipinski definition) is 0. The first kappa shape index (κ1) is 12.9. The summed E-state index contributed by atoms with van der Waals surface area (Å²) < 4.78 is 1.24. The Balaban J connectivity index is 1.85. The molecular formula is C17H17N3S. The van der Waals surface area contributed by atoms with Crippen LogP contribution in [0, 0.1) is 0 Å². The van der Waals surface area contributed by atoms with Gasteiger partial charge in [0.05, 0.1) is 16.4 Å². The maximum Gasteiger partial charge on any atom is 0.111 e. The Morgan fingerprint density at radius 2 is 2.05 bits per heavy atom.